The van der Waals surface area contributed by atoms with Crippen molar-refractivity contribution in [2.24, 2.45) is 0 Å². The molecule has 0 fully saturated rings. The Morgan fingerprint density at radius 1 is 0.524 bits per heavy atom. The van der Waals surface area contributed by atoms with Crippen LogP contribution in [0.4, 0.5) is 0 Å². The first kappa shape index (κ1) is 14.3. The van der Waals surface area contributed by atoms with Crippen molar-refractivity contribution in [3.8, 4) is 11.1 Å². The van der Waals surface area contributed by atoms with Gasteiger partial charge in [0.25, 0.3) is 0 Å². The van der Waals surface area contributed by atoms with Gasteiger partial charge < -0.3 is 12.4 Å². The van der Waals surface area contributed by atoms with E-state index in [-0.39, 0.29) is 12.4 Å². The Hall–Kier alpha value is -1.66. The molecule has 0 atom stereocenters. The summed E-state index contributed by atoms with van der Waals surface area (Å²) in [5.41, 5.74) is 2.69. The molecule has 4 rings (SSSR count). The fourth-order valence-corrected chi connectivity index (χ4v) is 4.99. The van der Waals surface area contributed by atoms with E-state index in [2.05, 4.69) is 78.9 Å². The van der Waals surface area contributed by atoms with Crippen LogP contribution in [0, 0.1) is 0 Å². The van der Waals surface area contributed by atoms with Gasteiger partial charge in [-0.3, -0.25) is 0 Å². The zero-order valence-corrected chi connectivity index (χ0v) is 13.8. The van der Waals surface area contributed by atoms with Crippen LogP contribution >= 0.6 is 0 Å². The van der Waals surface area contributed by atoms with E-state index in [1.807, 2.05) is 0 Å². The standard InChI is InChI=1S/C19H13Se.ClH/c1-2-8-14(9-3-1)19-15-10-4-6-12-17(15)20-18-13-7-5-11-16(18)19;/h1-13H;1H/q+1;/p-1. The first-order valence-electron chi connectivity index (χ1n) is 6.72. The van der Waals surface area contributed by atoms with E-state index < -0.39 is 0 Å². The van der Waals surface area contributed by atoms with Crippen molar-refractivity contribution < 1.29 is 12.4 Å². The van der Waals surface area contributed by atoms with Crippen LogP contribution in [-0.4, -0.2) is 14.5 Å². The van der Waals surface area contributed by atoms with Crippen molar-refractivity contribution in [1.29, 1.82) is 0 Å². The predicted molar refractivity (Wildman–Crippen MR) is 88.2 cm³/mol. The van der Waals surface area contributed by atoms with Gasteiger partial charge in [-0.05, 0) is 0 Å². The minimum absolute atomic E-state index is 0. The van der Waals surface area contributed by atoms with Crippen LogP contribution in [0.25, 0.3) is 30.4 Å². The molecule has 0 aliphatic heterocycles. The summed E-state index contributed by atoms with van der Waals surface area (Å²) in [6.07, 6.45) is 0. The van der Waals surface area contributed by atoms with Crippen molar-refractivity contribution in [2.45, 2.75) is 0 Å². The van der Waals surface area contributed by atoms with Crippen LogP contribution in [0.3, 0.4) is 0 Å². The zero-order valence-electron chi connectivity index (χ0n) is 11.3. The second kappa shape index (κ2) is 5.99. The van der Waals surface area contributed by atoms with Crippen LogP contribution in [0.1, 0.15) is 0 Å². The number of benzene rings is 3. The third-order valence-electron chi connectivity index (χ3n) is 3.60. The SMILES string of the molecule is [Cl-].c1ccc(-c2c3ccccc3[se+]c3ccccc23)cc1. The van der Waals surface area contributed by atoms with Gasteiger partial charge in [0.15, 0.2) is 0 Å². The van der Waals surface area contributed by atoms with Crippen LogP contribution < -0.4 is 12.4 Å². The van der Waals surface area contributed by atoms with E-state index in [1.54, 1.807) is 0 Å². The summed E-state index contributed by atoms with van der Waals surface area (Å²) in [5.74, 6) is 0. The van der Waals surface area contributed by atoms with Gasteiger partial charge in [0.2, 0.25) is 0 Å². The number of rotatable bonds is 1. The molecule has 0 aliphatic carbocycles. The number of halogens is 1. The van der Waals surface area contributed by atoms with Crippen LogP contribution in [0.2, 0.25) is 0 Å². The third kappa shape index (κ3) is 2.49. The quantitative estimate of drug-likeness (QED) is 0.362. The molecular weight excluding hydrogens is 343 g/mol. The summed E-state index contributed by atoms with van der Waals surface area (Å²) in [4.78, 5) is 0. The Morgan fingerprint density at radius 3 is 1.57 bits per heavy atom. The molecule has 0 spiro atoms. The summed E-state index contributed by atoms with van der Waals surface area (Å²) in [5, 5.41) is 2.80. The van der Waals surface area contributed by atoms with Gasteiger partial charge in [0.05, 0.1) is 0 Å². The van der Waals surface area contributed by atoms with Crippen molar-refractivity contribution in [3.05, 3.63) is 78.9 Å². The van der Waals surface area contributed by atoms with Crippen molar-refractivity contribution in [1.82, 2.24) is 0 Å². The Labute approximate surface area is 136 Å². The Bertz CT molecular complexity index is 847. The van der Waals surface area contributed by atoms with E-state index in [1.165, 1.54) is 30.4 Å². The summed E-state index contributed by atoms with van der Waals surface area (Å²) >= 11 is 0.408. The molecule has 3 aromatic carbocycles. The van der Waals surface area contributed by atoms with E-state index in [9.17, 15) is 0 Å². The Balaban J connectivity index is 0.00000132. The summed E-state index contributed by atoms with van der Waals surface area (Å²) in [6, 6.07) is 28.4. The average Bonchev–Trinajstić information content (AvgIpc) is 2.53. The average molecular weight is 356 g/mol. The van der Waals surface area contributed by atoms with Gasteiger partial charge in [-0.15, -0.1) is 0 Å². The third-order valence-corrected chi connectivity index (χ3v) is 6.01. The molecule has 1 aromatic heterocycles. The molecule has 0 nitrogen and oxygen atoms in total. The summed E-state index contributed by atoms with van der Waals surface area (Å²) < 4.78 is 2.97. The molecule has 0 aliphatic rings. The molecule has 0 amide bonds. The number of hydrogen-bond acceptors (Lipinski definition) is 0. The zero-order chi connectivity index (χ0) is 13.4. The Kier molecular flexibility index (Phi) is 4.07. The molecule has 0 N–H and O–H groups in total. The van der Waals surface area contributed by atoms with E-state index in [0.717, 1.165) is 0 Å². The summed E-state index contributed by atoms with van der Waals surface area (Å²) in [6.45, 7) is 0. The topological polar surface area (TPSA) is 0 Å². The minimum atomic E-state index is 0. The number of fused-ring (bicyclic) bond motifs is 2. The number of hydrogen-bond donors (Lipinski definition) is 0. The molecule has 102 valence electrons. The van der Waals surface area contributed by atoms with Gasteiger partial charge in [-0.2, -0.15) is 0 Å². The first-order chi connectivity index (χ1) is 9.93. The van der Waals surface area contributed by atoms with Crippen LogP contribution in [0.15, 0.2) is 78.9 Å². The van der Waals surface area contributed by atoms with Crippen LogP contribution in [0.5, 0.6) is 0 Å². The first-order valence-corrected chi connectivity index (χ1v) is 8.44. The summed E-state index contributed by atoms with van der Waals surface area (Å²) in [7, 11) is 0. The van der Waals surface area contributed by atoms with Gasteiger partial charge >= 0.3 is 124 Å². The molecule has 0 unspecified atom stereocenters. The second-order valence-corrected chi connectivity index (χ2v) is 7.11. The van der Waals surface area contributed by atoms with Crippen molar-refractivity contribution >= 4 is 33.8 Å². The maximum atomic E-state index is 2.27. The van der Waals surface area contributed by atoms with Crippen molar-refractivity contribution in [3.63, 3.8) is 0 Å². The molecular formula is C19H13ClSe. The molecule has 2 heteroatoms. The predicted octanol–water partition coefficient (Wildman–Crippen LogP) is 2.00. The normalized spacial score (nSPS) is 10.5. The molecule has 21 heavy (non-hydrogen) atoms. The van der Waals surface area contributed by atoms with E-state index >= 15 is 0 Å². The molecule has 1 heterocycles. The van der Waals surface area contributed by atoms with E-state index in [4.69, 9.17) is 0 Å². The monoisotopic (exact) mass is 356 g/mol. The second-order valence-electron chi connectivity index (χ2n) is 4.84. The molecule has 0 saturated carbocycles. The van der Waals surface area contributed by atoms with E-state index in [0.29, 0.717) is 14.5 Å². The maximum absolute atomic E-state index is 2.27. The molecule has 0 radical (unpaired) electrons. The fraction of sp³-hybridized carbons (Fsp3) is 0. The fourth-order valence-electron chi connectivity index (χ4n) is 2.70. The molecule has 0 saturated heterocycles. The van der Waals surface area contributed by atoms with Gasteiger partial charge in [-0.1, -0.05) is 0 Å². The van der Waals surface area contributed by atoms with Gasteiger partial charge in [0.1, 0.15) is 0 Å². The Morgan fingerprint density at radius 2 is 1.00 bits per heavy atom. The van der Waals surface area contributed by atoms with Crippen molar-refractivity contribution in [2.75, 3.05) is 0 Å². The van der Waals surface area contributed by atoms with Gasteiger partial charge in [-0.25, -0.2) is 0 Å². The van der Waals surface area contributed by atoms with Crippen LogP contribution in [-0.2, 0) is 0 Å². The molecule has 0 bridgehead atoms. The molecule has 4 aromatic rings. The van der Waals surface area contributed by atoms with Gasteiger partial charge in [0, 0.05) is 0 Å².